The van der Waals surface area contributed by atoms with Crippen LogP contribution in [-0.2, 0) is 0 Å². The molecule has 4 rings (SSSR count). The number of aromatic nitrogens is 2. The van der Waals surface area contributed by atoms with Gasteiger partial charge in [-0.2, -0.15) is 0 Å². The van der Waals surface area contributed by atoms with E-state index in [2.05, 4.69) is 29.7 Å². The van der Waals surface area contributed by atoms with Crippen molar-refractivity contribution in [3.8, 4) is 0 Å². The van der Waals surface area contributed by atoms with E-state index < -0.39 is 0 Å². The van der Waals surface area contributed by atoms with Gasteiger partial charge in [-0.25, -0.2) is 4.98 Å². The first kappa shape index (κ1) is 11.5. The van der Waals surface area contributed by atoms with Crippen molar-refractivity contribution in [1.29, 1.82) is 0 Å². The number of aryl methyl sites for hydroxylation is 1. The van der Waals surface area contributed by atoms with Crippen LogP contribution in [0.3, 0.4) is 0 Å². The van der Waals surface area contributed by atoms with Gasteiger partial charge in [-0.15, -0.1) is 0 Å². The molecule has 2 unspecified atom stereocenters. The number of nitrogens with two attached hydrogens (primary N) is 1. The van der Waals surface area contributed by atoms with Gasteiger partial charge in [-0.05, 0) is 56.7 Å². The number of fused-ring (bicyclic) bond motifs is 1. The van der Waals surface area contributed by atoms with Crippen molar-refractivity contribution in [2.24, 2.45) is 5.73 Å². The fourth-order valence-electron chi connectivity index (χ4n) is 3.48. The van der Waals surface area contributed by atoms with Crippen LogP contribution in [0.4, 0.5) is 0 Å². The maximum absolute atomic E-state index is 6.09. The second-order valence-electron chi connectivity index (χ2n) is 6.33. The van der Waals surface area contributed by atoms with E-state index in [-0.39, 0.29) is 0 Å². The first-order valence-electron chi connectivity index (χ1n) is 7.46. The molecule has 19 heavy (non-hydrogen) atoms. The third-order valence-corrected chi connectivity index (χ3v) is 4.62. The van der Waals surface area contributed by atoms with Gasteiger partial charge in [0.25, 0.3) is 0 Å². The molecule has 2 N–H and O–H groups in total. The Hall–Kier alpha value is -1.35. The average molecular weight is 255 g/mol. The largest absolute Gasteiger partial charge is 0.328 e. The molecule has 2 aliphatic carbocycles. The quantitative estimate of drug-likeness (QED) is 0.895. The van der Waals surface area contributed by atoms with Crippen LogP contribution >= 0.6 is 0 Å². The molecule has 2 fully saturated rings. The van der Waals surface area contributed by atoms with Crippen molar-refractivity contribution in [1.82, 2.24) is 9.55 Å². The Bertz CT molecular complexity index is 624. The average Bonchev–Trinajstić information content (AvgIpc) is 3.02. The summed E-state index contributed by atoms with van der Waals surface area (Å²) in [5.41, 5.74) is 9.87. The van der Waals surface area contributed by atoms with Gasteiger partial charge < -0.3 is 10.3 Å². The zero-order valence-electron chi connectivity index (χ0n) is 11.5. The Morgan fingerprint density at radius 2 is 2.05 bits per heavy atom. The highest BCUT2D eigenvalue weighted by atomic mass is 15.1. The van der Waals surface area contributed by atoms with E-state index in [1.54, 1.807) is 0 Å². The molecule has 2 saturated carbocycles. The minimum atomic E-state index is 0.374. The molecule has 0 aliphatic heterocycles. The summed E-state index contributed by atoms with van der Waals surface area (Å²) in [6.45, 7) is 2.14. The molecule has 2 aromatic rings. The first-order chi connectivity index (χ1) is 9.22. The highest BCUT2D eigenvalue weighted by Gasteiger charge is 2.33. The Kier molecular flexibility index (Phi) is 2.46. The lowest BCUT2D eigenvalue weighted by Crippen LogP contribution is -2.15. The van der Waals surface area contributed by atoms with Crippen molar-refractivity contribution in [2.75, 3.05) is 0 Å². The fourth-order valence-corrected chi connectivity index (χ4v) is 3.48. The van der Waals surface area contributed by atoms with Crippen LogP contribution in [0.2, 0.25) is 0 Å². The van der Waals surface area contributed by atoms with Gasteiger partial charge in [-0.3, -0.25) is 0 Å². The van der Waals surface area contributed by atoms with Crippen LogP contribution in [-0.4, -0.2) is 15.6 Å². The number of imidazole rings is 1. The summed E-state index contributed by atoms with van der Waals surface area (Å²) in [4.78, 5) is 4.96. The van der Waals surface area contributed by atoms with Gasteiger partial charge in [0, 0.05) is 18.0 Å². The number of benzene rings is 1. The van der Waals surface area contributed by atoms with E-state index in [1.165, 1.54) is 41.7 Å². The summed E-state index contributed by atoms with van der Waals surface area (Å²) in [6, 6.07) is 7.73. The number of nitrogens with zero attached hydrogens (tertiary/aromatic N) is 2. The van der Waals surface area contributed by atoms with Gasteiger partial charge in [0.05, 0.1) is 11.0 Å². The number of hydrogen-bond acceptors (Lipinski definition) is 2. The van der Waals surface area contributed by atoms with E-state index in [0.717, 1.165) is 12.8 Å². The van der Waals surface area contributed by atoms with Gasteiger partial charge in [-0.1, -0.05) is 6.07 Å². The maximum atomic E-state index is 6.09. The Balaban J connectivity index is 1.86. The van der Waals surface area contributed by atoms with Crippen LogP contribution in [0.1, 0.15) is 55.5 Å². The van der Waals surface area contributed by atoms with E-state index in [9.17, 15) is 0 Å². The fraction of sp³-hybridized carbons (Fsp3) is 0.562. The number of rotatable bonds is 2. The molecule has 2 atom stereocenters. The molecule has 2 aliphatic rings. The Morgan fingerprint density at radius 1 is 1.21 bits per heavy atom. The highest BCUT2D eigenvalue weighted by molar-refractivity contribution is 5.77. The van der Waals surface area contributed by atoms with Crippen LogP contribution in [0.15, 0.2) is 18.2 Å². The minimum absolute atomic E-state index is 0.374. The number of hydrogen-bond donors (Lipinski definition) is 1. The second-order valence-corrected chi connectivity index (χ2v) is 6.33. The van der Waals surface area contributed by atoms with Gasteiger partial charge in [0.2, 0.25) is 0 Å². The summed E-state index contributed by atoms with van der Waals surface area (Å²) in [5.74, 6) is 1.87. The molecular weight excluding hydrogens is 234 g/mol. The molecule has 3 heteroatoms. The molecule has 0 amide bonds. The SMILES string of the molecule is Cc1ccc2c(c1)nc(C1CCC(N)C1)n2C1CC1. The standard InChI is InChI=1S/C16H21N3/c1-10-2-7-15-14(8-10)18-16(19(15)13-5-6-13)11-3-4-12(17)9-11/h2,7-8,11-13H,3-6,9,17H2,1H3. The monoisotopic (exact) mass is 255 g/mol. The lowest BCUT2D eigenvalue weighted by Gasteiger charge is -2.13. The summed E-state index contributed by atoms with van der Waals surface area (Å²) < 4.78 is 2.51. The van der Waals surface area contributed by atoms with Crippen LogP contribution < -0.4 is 5.73 Å². The van der Waals surface area contributed by atoms with Crippen molar-refractivity contribution in [2.45, 2.75) is 57.0 Å². The summed E-state index contributed by atoms with van der Waals surface area (Å²) >= 11 is 0. The molecule has 0 spiro atoms. The zero-order valence-corrected chi connectivity index (χ0v) is 11.5. The molecule has 1 aromatic heterocycles. The van der Waals surface area contributed by atoms with Gasteiger partial charge in [0.1, 0.15) is 5.82 Å². The smallest absolute Gasteiger partial charge is 0.113 e. The van der Waals surface area contributed by atoms with Crippen LogP contribution in [0.25, 0.3) is 11.0 Å². The van der Waals surface area contributed by atoms with E-state index in [4.69, 9.17) is 10.7 Å². The Labute approximate surface area is 113 Å². The first-order valence-corrected chi connectivity index (χ1v) is 7.46. The molecule has 0 radical (unpaired) electrons. The summed E-state index contributed by atoms with van der Waals surface area (Å²) in [5, 5.41) is 0. The normalized spacial score (nSPS) is 27.3. The maximum Gasteiger partial charge on any atom is 0.113 e. The molecule has 1 heterocycles. The molecular formula is C16H21N3. The van der Waals surface area contributed by atoms with Crippen LogP contribution in [0, 0.1) is 6.92 Å². The van der Waals surface area contributed by atoms with E-state index in [0.29, 0.717) is 18.0 Å². The zero-order chi connectivity index (χ0) is 13.0. The van der Waals surface area contributed by atoms with Crippen molar-refractivity contribution >= 4 is 11.0 Å². The lowest BCUT2D eigenvalue weighted by atomic mass is 10.1. The van der Waals surface area contributed by atoms with Crippen molar-refractivity contribution in [3.63, 3.8) is 0 Å². The lowest BCUT2D eigenvalue weighted by molar-refractivity contribution is 0.591. The van der Waals surface area contributed by atoms with Crippen molar-refractivity contribution in [3.05, 3.63) is 29.6 Å². The summed E-state index contributed by atoms with van der Waals surface area (Å²) in [6.07, 6.45) is 6.08. The van der Waals surface area contributed by atoms with Crippen LogP contribution in [0.5, 0.6) is 0 Å². The molecule has 100 valence electrons. The van der Waals surface area contributed by atoms with Crippen molar-refractivity contribution < 1.29 is 0 Å². The summed E-state index contributed by atoms with van der Waals surface area (Å²) in [7, 11) is 0. The van der Waals surface area contributed by atoms with Gasteiger partial charge >= 0.3 is 0 Å². The van der Waals surface area contributed by atoms with E-state index in [1.807, 2.05) is 0 Å². The predicted molar refractivity (Wildman–Crippen MR) is 77.3 cm³/mol. The van der Waals surface area contributed by atoms with E-state index >= 15 is 0 Å². The van der Waals surface area contributed by atoms with Gasteiger partial charge in [0.15, 0.2) is 0 Å². The third kappa shape index (κ3) is 1.88. The highest BCUT2D eigenvalue weighted by Crippen LogP contribution is 2.43. The molecule has 0 bridgehead atoms. The predicted octanol–water partition coefficient (Wildman–Crippen LogP) is 3.27. The Morgan fingerprint density at radius 3 is 2.74 bits per heavy atom. The minimum Gasteiger partial charge on any atom is -0.328 e. The second kappa shape index (κ2) is 4.07. The third-order valence-electron chi connectivity index (χ3n) is 4.62. The topological polar surface area (TPSA) is 43.8 Å². The molecule has 1 aromatic carbocycles. The molecule has 0 saturated heterocycles. The molecule has 3 nitrogen and oxygen atoms in total.